The number of hydrogen-bond acceptors (Lipinski definition) is 8. The van der Waals surface area contributed by atoms with Crippen LogP contribution in [0.5, 0.6) is 0 Å². The Balaban J connectivity index is 1.44. The molecule has 0 spiro atoms. The van der Waals surface area contributed by atoms with E-state index in [1.54, 1.807) is 17.0 Å². The minimum Gasteiger partial charge on any atom is -0.459 e. The molecule has 0 unspecified atom stereocenters. The van der Waals surface area contributed by atoms with Gasteiger partial charge in [0.2, 0.25) is 5.91 Å². The van der Waals surface area contributed by atoms with Crippen LogP contribution in [0.1, 0.15) is 5.56 Å². The molecule has 164 valence electrons. The average Bonchev–Trinajstić information content (AvgIpc) is 3.44. The van der Waals surface area contributed by atoms with Crippen LogP contribution in [0.25, 0.3) is 11.7 Å². The number of carbonyl (C=O) groups excluding carboxylic acids is 1. The van der Waals surface area contributed by atoms with E-state index < -0.39 is 17.6 Å². The van der Waals surface area contributed by atoms with E-state index in [9.17, 15) is 18.0 Å². The highest BCUT2D eigenvalue weighted by atomic mass is 32.2. The molecule has 0 atom stereocenters. The zero-order chi connectivity index (χ0) is 21.8. The Bertz CT molecular complexity index is 1030. The molecule has 1 N–H and O–H groups in total. The lowest BCUT2D eigenvalue weighted by molar-refractivity contribution is -0.137. The van der Waals surface area contributed by atoms with Gasteiger partial charge in [0.25, 0.3) is 11.1 Å². The summed E-state index contributed by atoms with van der Waals surface area (Å²) >= 11 is 1.01. The molecule has 1 aliphatic heterocycles. The van der Waals surface area contributed by atoms with Crippen LogP contribution in [0.2, 0.25) is 0 Å². The van der Waals surface area contributed by atoms with E-state index in [1.165, 1.54) is 12.3 Å². The van der Waals surface area contributed by atoms with Gasteiger partial charge in [-0.3, -0.25) is 4.79 Å². The lowest BCUT2D eigenvalue weighted by Gasteiger charge is -2.31. The number of nitrogens with zero attached hydrogens (tertiary/aromatic N) is 3. The Morgan fingerprint density at radius 3 is 2.71 bits per heavy atom. The molecule has 1 aromatic carbocycles. The van der Waals surface area contributed by atoms with Crippen LogP contribution in [-0.4, -0.2) is 48.2 Å². The third-order valence-electron chi connectivity index (χ3n) is 4.42. The summed E-state index contributed by atoms with van der Waals surface area (Å²) in [4.78, 5) is 14.2. The van der Waals surface area contributed by atoms with Gasteiger partial charge in [0.05, 0.1) is 42.2 Å². The highest BCUT2D eigenvalue weighted by molar-refractivity contribution is 7.99. The topological polar surface area (TPSA) is 93.6 Å². The summed E-state index contributed by atoms with van der Waals surface area (Å²) < 4.78 is 55.4. The van der Waals surface area contributed by atoms with Gasteiger partial charge in [-0.1, -0.05) is 11.8 Å². The van der Waals surface area contributed by atoms with Crippen molar-refractivity contribution in [3.05, 3.63) is 42.2 Å². The van der Waals surface area contributed by atoms with Crippen molar-refractivity contribution < 1.29 is 31.5 Å². The van der Waals surface area contributed by atoms with Crippen LogP contribution < -0.4 is 10.2 Å². The SMILES string of the molecule is O=C(CSc1nnc(-c2ccco2)o1)Nc1ccc(C(F)(F)F)cc1N1CCOCC1. The number of amides is 1. The van der Waals surface area contributed by atoms with Gasteiger partial charge in [-0.25, -0.2) is 0 Å². The van der Waals surface area contributed by atoms with Gasteiger partial charge < -0.3 is 23.8 Å². The Labute approximate surface area is 178 Å². The monoisotopic (exact) mass is 454 g/mol. The van der Waals surface area contributed by atoms with Gasteiger partial charge in [-0.15, -0.1) is 10.2 Å². The summed E-state index contributed by atoms with van der Waals surface area (Å²) in [7, 11) is 0. The van der Waals surface area contributed by atoms with Crippen LogP contribution >= 0.6 is 11.8 Å². The number of ether oxygens (including phenoxy) is 1. The number of carbonyl (C=O) groups is 1. The summed E-state index contributed by atoms with van der Waals surface area (Å²) in [6.45, 7) is 1.65. The Morgan fingerprint density at radius 1 is 1.19 bits per heavy atom. The first kappa shape index (κ1) is 21.2. The summed E-state index contributed by atoms with van der Waals surface area (Å²) in [5.74, 6) is 0.106. The second-order valence-corrected chi connectivity index (χ2v) is 7.44. The maximum absolute atomic E-state index is 13.2. The fourth-order valence-electron chi connectivity index (χ4n) is 2.96. The van der Waals surface area contributed by atoms with E-state index in [0.29, 0.717) is 43.4 Å². The van der Waals surface area contributed by atoms with E-state index in [1.807, 2.05) is 0 Å². The maximum Gasteiger partial charge on any atom is 0.416 e. The highest BCUT2D eigenvalue weighted by Gasteiger charge is 2.32. The number of furan rings is 1. The van der Waals surface area contributed by atoms with Crippen LogP contribution in [0, 0.1) is 0 Å². The number of hydrogen-bond donors (Lipinski definition) is 1. The van der Waals surface area contributed by atoms with Gasteiger partial charge in [-0.05, 0) is 30.3 Å². The van der Waals surface area contributed by atoms with Crippen molar-refractivity contribution in [3.63, 3.8) is 0 Å². The zero-order valence-electron chi connectivity index (χ0n) is 16.0. The number of alkyl halides is 3. The smallest absolute Gasteiger partial charge is 0.416 e. The second-order valence-electron chi connectivity index (χ2n) is 6.52. The molecule has 1 saturated heterocycles. The van der Waals surface area contributed by atoms with E-state index in [4.69, 9.17) is 13.6 Å². The van der Waals surface area contributed by atoms with Crippen LogP contribution in [-0.2, 0) is 15.7 Å². The van der Waals surface area contributed by atoms with E-state index >= 15 is 0 Å². The zero-order valence-corrected chi connectivity index (χ0v) is 16.8. The first-order valence-electron chi connectivity index (χ1n) is 9.24. The largest absolute Gasteiger partial charge is 0.459 e. The van der Waals surface area contributed by atoms with Gasteiger partial charge in [-0.2, -0.15) is 13.2 Å². The maximum atomic E-state index is 13.2. The van der Waals surface area contributed by atoms with E-state index in [-0.39, 0.29) is 16.9 Å². The van der Waals surface area contributed by atoms with Gasteiger partial charge >= 0.3 is 6.18 Å². The standard InChI is InChI=1S/C19H17F3N4O4S/c20-19(21,22)12-3-4-13(14(10-12)26-5-8-28-9-6-26)23-16(27)11-31-18-25-24-17(30-18)15-2-1-7-29-15/h1-4,7,10H,5-6,8-9,11H2,(H,23,27). The van der Waals surface area contributed by atoms with Crippen LogP contribution in [0.3, 0.4) is 0 Å². The van der Waals surface area contributed by atoms with Crippen molar-refractivity contribution in [1.29, 1.82) is 0 Å². The number of thioether (sulfide) groups is 1. The summed E-state index contributed by atoms with van der Waals surface area (Å²) in [5.41, 5.74) is -0.186. The third-order valence-corrected chi connectivity index (χ3v) is 5.23. The highest BCUT2D eigenvalue weighted by Crippen LogP contribution is 2.36. The minimum absolute atomic E-state index is 0.0661. The third kappa shape index (κ3) is 5.20. The second kappa shape index (κ2) is 9.02. The fourth-order valence-corrected chi connectivity index (χ4v) is 3.52. The Kier molecular flexibility index (Phi) is 6.18. The molecule has 1 aliphatic rings. The number of benzene rings is 1. The molecular weight excluding hydrogens is 437 g/mol. The van der Waals surface area contributed by atoms with Gasteiger partial charge in [0.1, 0.15) is 0 Å². The van der Waals surface area contributed by atoms with E-state index in [0.717, 1.165) is 23.9 Å². The molecule has 3 aromatic rings. The molecule has 0 saturated carbocycles. The van der Waals surface area contributed by atoms with Crippen LogP contribution in [0.4, 0.5) is 24.5 Å². The molecule has 4 rings (SSSR count). The number of nitrogens with one attached hydrogen (secondary N) is 1. The molecule has 8 nitrogen and oxygen atoms in total. The summed E-state index contributed by atoms with van der Waals surface area (Å²) in [6, 6.07) is 6.59. The normalized spacial score (nSPS) is 14.6. The number of halogens is 3. The molecule has 1 amide bonds. The number of anilines is 2. The van der Waals surface area contributed by atoms with Gasteiger partial charge in [0, 0.05) is 13.1 Å². The fraction of sp³-hybridized carbons (Fsp3) is 0.316. The minimum atomic E-state index is -4.48. The molecule has 3 heterocycles. The predicted molar refractivity (Wildman–Crippen MR) is 106 cm³/mol. The van der Waals surface area contributed by atoms with Crippen molar-refractivity contribution in [1.82, 2.24) is 10.2 Å². The lowest BCUT2D eigenvalue weighted by atomic mass is 10.1. The summed E-state index contributed by atoms with van der Waals surface area (Å²) in [5, 5.41) is 10.5. The molecule has 31 heavy (non-hydrogen) atoms. The molecule has 1 fully saturated rings. The molecule has 0 bridgehead atoms. The molecular formula is C19H17F3N4O4S. The van der Waals surface area contributed by atoms with E-state index in [2.05, 4.69) is 15.5 Å². The average molecular weight is 454 g/mol. The Hall–Kier alpha value is -2.99. The lowest BCUT2D eigenvalue weighted by Crippen LogP contribution is -2.37. The number of aromatic nitrogens is 2. The van der Waals surface area contributed by atoms with Gasteiger partial charge in [0.15, 0.2) is 5.76 Å². The van der Waals surface area contributed by atoms with Crippen molar-refractivity contribution in [2.75, 3.05) is 42.3 Å². The van der Waals surface area contributed by atoms with Crippen molar-refractivity contribution >= 4 is 29.0 Å². The number of rotatable bonds is 6. The number of morpholine rings is 1. The van der Waals surface area contributed by atoms with Crippen molar-refractivity contribution in [2.24, 2.45) is 0 Å². The first-order valence-corrected chi connectivity index (χ1v) is 10.2. The molecule has 0 radical (unpaired) electrons. The van der Waals surface area contributed by atoms with Crippen LogP contribution in [0.15, 0.2) is 50.7 Å². The molecule has 2 aromatic heterocycles. The first-order chi connectivity index (χ1) is 14.9. The predicted octanol–water partition coefficient (Wildman–Crippen LogP) is 3.92. The molecule has 0 aliphatic carbocycles. The molecule has 12 heteroatoms. The van der Waals surface area contributed by atoms with Crippen molar-refractivity contribution in [3.8, 4) is 11.7 Å². The van der Waals surface area contributed by atoms with Crippen molar-refractivity contribution in [2.45, 2.75) is 11.4 Å². The quantitative estimate of drug-likeness (QED) is 0.561. The Morgan fingerprint density at radius 2 is 2.00 bits per heavy atom. The summed E-state index contributed by atoms with van der Waals surface area (Å²) in [6.07, 6.45) is -3.01.